The molecular weight excluding hydrogens is 244 g/mol. The number of amides is 1. The zero-order valence-electron chi connectivity index (χ0n) is 11.8. The van der Waals surface area contributed by atoms with Gasteiger partial charge in [0.15, 0.2) is 5.78 Å². The van der Waals surface area contributed by atoms with E-state index in [2.05, 4.69) is 10.3 Å². The predicted octanol–water partition coefficient (Wildman–Crippen LogP) is 2.11. The van der Waals surface area contributed by atoms with E-state index in [1.54, 1.807) is 33.0 Å². The fourth-order valence-corrected chi connectivity index (χ4v) is 1.47. The maximum atomic E-state index is 11.7. The molecule has 1 aromatic rings. The molecule has 0 fully saturated rings. The number of aromatic nitrogens is 1. The third kappa shape index (κ3) is 5.99. The molecule has 0 aliphatic heterocycles. The highest BCUT2D eigenvalue weighted by atomic mass is 16.6. The first-order valence-electron chi connectivity index (χ1n) is 6.18. The Bertz CT molecular complexity index is 438. The van der Waals surface area contributed by atoms with E-state index in [1.807, 2.05) is 12.1 Å². The van der Waals surface area contributed by atoms with Crippen LogP contribution in [0.3, 0.4) is 0 Å². The van der Waals surface area contributed by atoms with Crippen molar-refractivity contribution in [3.8, 4) is 0 Å². The molecule has 0 aliphatic rings. The van der Waals surface area contributed by atoms with E-state index in [0.29, 0.717) is 6.42 Å². The fraction of sp³-hybridized carbons (Fsp3) is 0.500. The average molecular weight is 264 g/mol. The van der Waals surface area contributed by atoms with Gasteiger partial charge in [-0.15, -0.1) is 0 Å². The van der Waals surface area contributed by atoms with Gasteiger partial charge in [-0.25, -0.2) is 4.79 Å². The third-order valence-corrected chi connectivity index (χ3v) is 2.32. The van der Waals surface area contributed by atoms with Crippen molar-refractivity contribution in [1.29, 1.82) is 0 Å². The van der Waals surface area contributed by atoms with E-state index in [0.717, 1.165) is 5.69 Å². The highest BCUT2D eigenvalue weighted by Gasteiger charge is 2.22. The Hall–Kier alpha value is -1.91. The van der Waals surface area contributed by atoms with Crippen LogP contribution in [0.5, 0.6) is 0 Å². The summed E-state index contributed by atoms with van der Waals surface area (Å²) < 4.78 is 5.13. The first-order chi connectivity index (χ1) is 8.78. The van der Waals surface area contributed by atoms with Crippen molar-refractivity contribution in [2.75, 3.05) is 0 Å². The van der Waals surface area contributed by atoms with E-state index < -0.39 is 17.7 Å². The zero-order chi connectivity index (χ0) is 14.5. The molecule has 1 aromatic heterocycles. The zero-order valence-corrected chi connectivity index (χ0v) is 11.8. The molecule has 0 aliphatic carbocycles. The summed E-state index contributed by atoms with van der Waals surface area (Å²) in [6.07, 6.45) is 1.42. The van der Waals surface area contributed by atoms with Crippen molar-refractivity contribution in [3.63, 3.8) is 0 Å². The van der Waals surface area contributed by atoms with Crippen LogP contribution in [0.25, 0.3) is 0 Å². The van der Waals surface area contributed by atoms with Crippen LogP contribution in [0.4, 0.5) is 4.79 Å². The fourth-order valence-electron chi connectivity index (χ4n) is 1.47. The summed E-state index contributed by atoms with van der Waals surface area (Å²) in [5, 5.41) is 2.57. The van der Waals surface area contributed by atoms with Crippen molar-refractivity contribution in [3.05, 3.63) is 30.1 Å². The van der Waals surface area contributed by atoms with Crippen molar-refractivity contribution < 1.29 is 14.3 Å². The molecule has 0 saturated heterocycles. The number of carbonyl (C=O) groups excluding carboxylic acids is 2. The molecule has 0 bridgehead atoms. The largest absolute Gasteiger partial charge is 0.444 e. The van der Waals surface area contributed by atoms with Gasteiger partial charge in [0.05, 0.1) is 6.04 Å². The number of hydrogen-bond donors (Lipinski definition) is 1. The molecular formula is C14H20N2O3. The number of Topliss-reactive ketones (excluding diaryl/α,β-unsaturated/α-hetero) is 1. The van der Waals surface area contributed by atoms with Crippen molar-refractivity contribution in [1.82, 2.24) is 10.3 Å². The number of ether oxygens (including phenoxy) is 1. The van der Waals surface area contributed by atoms with Crippen LogP contribution in [0, 0.1) is 0 Å². The monoisotopic (exact) mass is 264 g/mol. The first-order valence-corrected chi connectivity index (χ1v) is 6.18. The van der Waals surface area contributed by atoms with Gasteiger partial charge < -0.3 is 10.1 Å². The molecule has 1 amide bonds. The van der Waals surface area contributed by atoms with Crippen LogP contribution in [0.2, 0.25) is 0 Å². The summed E-state index contributed by atoms with van der Waals surface area (Å²) in [5.74, 6) is -0.128. The van der Waals surface area contributed by atoms with Crippen molar-refractivity contribution in [2.24, 2.45) is 0 Å². The van der Waals surface area contributed by atoms with E-state index in [-0.39, 0.29) is 5.78 Å². The lowest BCUT2D eigenvalue weighted by atomic mass is 10.1. The summed E-state index contributed by atoms with van der Waals surface area (Å²) >= 11 is 0. The summed E-state index contributed by atoms with van der Waals surface area (Å²) in [7, 11) is 0. The predicted molar refractivity (Wildman–Crippen MR) is 71.8 cm³/mol. The van der Waals surface area contributed by atoms with Gasteiger partial charge in [0.2, 0.25) is 0 Å². The molecule has 1 rings (SSSR count). The summed E-state index contributed by atoms with van der Waals surface area (Å²) in [4.78, 5) is 27.3. The first kappa shape index (κ1) is 15.1. The van der Waals surface area contributed by atoms with E-state index in [9.17, 15) is 9.59 Å². The number of hydrogen-bond acceptors (Lipinski definition) is 4. The van der Waals surface area contributed by atoms with E-state index in [1.165, 1.54) is 6.92 Å². The quantitative estimate of drug-likeness (QED) is 0.904. The SMILES string of the molecule is CC(=O)[C@@H](Cc1ccccn1)NC(=O)OC(C)(C)C. The van der Waals surface area contributed by atoms with Crippen LogP contribution < -0.4 is 5.32 Å². The minimum absolute atomic E-state index is 0.128. The molecule has 0 unspecified atom stereocenters. The van der Waals surface area contributed by atoms with Gasteiger partial charge in [-0.2, -0.15) is 0 Å². The van der Waals surface area contributed by atoms with Gasteiger partial charge in [0.25, 0.3) is 0 Å². The Labute approximate surface area is 113 Å². The van der Waals surface area contributed by atoms with Crippen molar-refractivity contribution >= 4 is 11.9 Å². The molecule has 0 spiro atoms. The van der Waals surface area contributed by atoms with Gasteiger partial charge in [-0.05, 0) is 39.8 Å². The highest BCUT2D eigenvalue weighted by Crippen LogP contribution is 2.08. The molecule has 1 heterocycles. The standard InChI is InChI=1S/C14H20N2O3/c1-10(17)12(9-11-7-5-6-8-15-11)16-13(18)19-14(2,3)4/h5-8,12H,9H2,1-4H3,(H,16,18)/t12-/m1/s1. The average Bonchev–Trinajstić information content (AvgIpc) is 2.26. The molecule has 5 nitrogen and oxygen atoms in total. The number of pyridine rings is 1. The maximum absolute atomic E-state index is 11.7. The van der Waals surface area contributed by atoms with Gasteiger partial charge in [-0.1, -0.05) is 6.07 Å². The van der Waals surface area contributed by atoms with Gasteiger partial charge in [-0.3, -0.25) is 9.78 Å². The molecule has 0 saturated carbocycles. The Morgan fingerprint density at radius 3 is 2.53 bits per heavy atom. The molecule has 0 radical (unpaired) electrons. The van der Waals surface area contributed by atoms with Gasteiger partial charge in [0, 0.05) is 18.3 Å². The smallest absolute Gasteiger partial charge is 0.408 e. The summed E-state index contributed by atoms with van der Waals surface area (Å²) in [6.45, 7) is 6.75. The number of nitrogens with one attached hydrogen (secondary N) is 1. The summed E-state index contributed by atoms with van der Waals surface area (Å²) in [5.41, 5.74) is 0.162. The third-order valence-electron chi connectivity index (χ3n) is 2.32. The second-order valence-electron chi connectivity index (χ2n) is 5.33. The number of rotatable bonds is 4. The Kier molecular flexibility index (Phi) is 5.03. The molecule has 0 aromatic carbocycles. The Morgan fingerprint density at radius 1 is 1.37 bits per heavy atom. The minimum atomic E-state index is -0.621. The number of ketones is 1. The lowest BCUT2D eigenvalue weighted by Gasteiger charge is -2.22. The highest BCUT2D eigenvalue weighted by molar-refractivity contribution is 5.85. The maximum Gasteiger partial charge on any atom is 0.408 e. The Morgan fingerprint density at radius 2 is 2.05 bits per heavy atom. The summed E-state index contributed by atoms with van der Waals surface area (Å²) in [6, 6.07) is 4.83. The number of alkyl carbamates (subject to hydrolysis) is 1. The van der Waals surface area contributed by atoms with Gasteiger partial charge in [0.1, 0.15) is 5.60 Å². The molecule has 1 N–H and O–H groups in total. The number of carbonyl (C=O) groups is 2. The van der Waals surface area contributed by atoms with Crippen LogP contribution >= 0.6 is 0 Å². The Balaban J connectivity index is 2.64. The molecule has 104 valence electrons. The van der Waals surface area contributed by atoms with Crippen molar-refractivity contribution in [2.45, 2.75) is 45.8 Å². The molecule has 5 heteroatoms. The van der Waals surface area contributed by atoms with Crippen LogP contribution in [-0.2, 0) is 16.0 Å². The topological polar surface area (TPSA) is 68.3 Å². The van der Waals surface area contributed by atoms with E-state index in [4.69, 9.17) is 4.74 Å². The molecule has 19 heavy (non-hydrogen) atoms. The van der Waals surface area contributed by atoms with Crippen LogP contribution in [-0.4, -0.2) is 28.5 Å². The minimum Gasteiger partial charge on any atom is -0.444 e. The second kappa shape index (κ2) is 6.31. The second-order valence-corrected chi connectivity index (χ2v) is 5.33. The number of nitrogens with zero attached hydrogens (tertiary/aromatic N) is 1. The van der Waals surface area contributed by atoms with Crippen LogP contribution in [0.1, 0.15) is 33.4 Å². The normalized spacial score (nSPS) is 12.6. The van der Waals surface area contributed by atoms with E-state index >= 15 is 0 Å². The molecule has 1 atom stereocenters. The lowest BCUT2D eigenvalue weighted by Crippen LogP contribution is -2.44. The van der Waals surface area contributed by atoms with Gasteiger partial charge >= 0.3 is 6.09 Å². The lowest BCUT2D eigenvalue weighted by molar-refractivity contribution is -0.119. The van der Waals surface area contributed by atoms with Crippen LogP contribution in [0.15, 0.2) is 24.4 Å².